The Hall–Kier alpha value is -0.570. The van der Waals surface area contributed by atoms with Crippen LogP contribution in [0.2, 0.25) is 5.02 Å². The quantitative estimate of drug-likeness (QED) is 0.883. The van der Waals surface area contributed by atoms with Crippen LogP contribution in [0.5, 0.6) is 0 Å². The predicted octanol–water partition coefficient (Wildman–Crippen LogP) is 3.43. The number of nitrogens with one attached hydrogen (secondary N) is 1. The van der Waals surface area contributed by atoms with Crippen molar-refractivity contribution in [3.8, 4) is 0 Å². The molecule has 18 heavy (non-hydrogen) atoms. The molecule has 1 fully saturated rings. The minimum atomic E-state index is 0.485. The van der Waals surface area contributed by atoms with Gasteiger partial charge in [0.2, 0.25) is 0 Å². The third-order valence-corrected chi connectivity index (χ3v) is 4.02. The van der Waals surface area contributed by atoms with Crippen molar-refractivity contribution in [2.45, 2.75) is 44.2 Å². The summed E-state index contributed by atoms with van der Waals surface area (Å²) in [7, 11) is 1.82. The Kier molecular flexibility index (Phi) is 5.48. The molecule has 100 valence electrons. The lowest BCUT2D eigenvalue weighted by atomic mass is 9.93. The van der Waals surface area contributed by atoms with E-state index in [0.717, 1.165) is 18.0 Å². The molecule has 1 saturated carbocycles. The molecule has 0 unspecified atom stereocenters. The lowest BCUT2D eigenvalue weighted by Crippen LogP contribution is -2.36. The normalized spacial score (nSPS) is 24.1. The third kappa shape index (κ3) is 4.27. The monoisotopic (exact) mass is 267 g/mol. The summed E-state index contributed by atoms with van der Waals surface area (Å²) in [5.74, 6) is 0. The van der Waals surface area contributed by atoms with Gasteiger partial charge in [0.05, 0.1) is 6.10 Å². The van der Waals surface area contributed by atoms with E-state index in [4.69, 9.17) is 16.3 Å². The van der Waals surface area contributed by atoms with E-state index < -0.39 is 0 Å². The molecule has 1 aliphatic rings. The van der Waals surface area contributed by atoms with Crippen LogP contribution in [0.25, 0.3) is 0 Å². The minimum Gasteiger partial charge on any atom is -0.381 e. The zero-order valence-electron chi connectivity index (χ0n) is 11.0. The van der Waals surface area contributed by atoms with Gasteiger partial charge in [-0.05, 0) is 56.3 Å². The third-order valence-electron chi connectivity index (χ3n) is 3.77. The number of rotatable bonds is 5. The van der Waals surface area contributed by atoms with E-state index in [1.807, 2.05) is 19.2 Å². The zero-order valence-corrected chi connectivity index (χ0v) is 11.7. The van der Waals surface area contributed by atoms with Crippen molar-refractivity contribution in [2.75, 3.05) is 13.7 Å². The van der Waals surface area contributed by atoms with Gasteiger partial charge in [-0.1, -0.05) is 23.7 Å². The van der Waals surface area contributed by atoms with Crippen molar-refractivity contribution in [1.29, 1.82) is 0 Å². The predicted molar refractivity (Wildman–Crippen MR) is 76.2 cm³/mol. The van der Waals surface area contributed by atoms with Crippen LogP contribution < -0.4 is 5.32 Å². The molecule has 1 aliphatic carbocycles. The molecule has 2 nitrogen and oxygen atoms in total. The van der Waals surface area contributed by atoms with E-state index in [1.54, 1.807) is 0 Å². The van der Waals surface area contributed by atoms with E-state index in [2.05, 4.69) is 17.4 Å². The lowest BCUT2D eigenvalue weighted by Gasteiger charge is -2.28. The molecule has 0 aliphatic heterocycles. The Bertz CT molecular complexity index is 344. The van der Waals surface area contributed by atoms with Gasteiger partial charge < -0.3 is 10.1 Å². The summed E-state index contributed by atoms with van der Waals surface area (Å²) in [5.41, 5.74) is 1.34. The maximum atomic E-state index is 5.87. The number of hydrogen-bond acceptors (Lipinski definition) is 2. The maximum Gasteiger partial charge on any atom is 0.0572 e. The fourth-order valence-electron chi connectivity index (χ4n) is 2.57. The fourth-order valence-corrected chi connectivity index (χ4v) is 2.70. The van der Waals surface area contributed by atoms with Crippen molar-refractivity contribution in [2.24, 2.45) is 0 Å². The minimum absolute atomic E-state index is 0.485. The maximum absolute atomic E-state index is 5.87. The second-order valence-electron chi connectivity index (χ2n) is 5.04. The van der Waals surface area contributed by atoms with E-state index in [-0.39, 0.29) is 0 Å². The number of hydrogen-bond donors (Lipinski definition) is 1. The lowest BCUT2D eigenvalue weighted by molar-refractivity contribution is 0.0626. The standard InChI is InChI=1S/C15H22ClNO/c1-18-15-8-6-14(7-9-15)17-11-10-12-2-4-13(16)5-3-12/h2-5,14-15,17H,6-11H2,1H3. The van der Waals surface area contributed by atoms with Crippen LogP contribution in [-0.2, 0) is 11.2 Å². The van der Waals surface area contributed by atoms with Crippen molar-refractivity contribution in [3.63, 3.8) is 0 Å². The van der Waals surface area contributed by atoms with Gasteiger partial charge in [-0.2, -0.15) is 0 Å². The highest BCUT2D eigenvalue weighted by Gasteiger charge is 2.19. The second kappa shape index (κ2) is 7.13. The van der Waals surface area contributed by atoms with Crippen LogP contribution in [0.15, 0.2) is 24.3 Å². The summed E-state index contributed by atoms with van der Waals surface area (Å²) in [6.45, 7) is 1.05. The van der Waals surface area contributed by atoms with Gasteiger partial charge in [0, 0.05) is 18.2 Å². The molecule has 0 amide bonds. The second-order valence-corrected chi connectivity index (χ2v) is 5.48. The van der Waals surface area contributed by atoms with Crippen LogP contribution in [0.1, 0.15) is 31.2 Å². The molecule has 0 spiro atoms. The van der Waals surface area contributed by atoms with Crippen LogP contribution in [0.3, 0.4) is 0 Å². The summed E-state index contributed by atoms with van der Waals surface area (Å²) in [5, 5.41) is 4.45. The van der Waals surface area contributed by atoms with E-state index >= 15 is 0 Å². The highest BCUT2D eigenvalue weighted by Crippen LogP contribution is 2.20. The molecule has 1 N–H and O–H groups in total. The smallest absolute Gasteiger partial charge is 0.0572 e. The van der Waals surface area contributed by atoms with Gasteiger partial charge in [0.25, 0.3) is 0 Å². The van der Waals surface area contributed by atoms with Crippen molar-refractivity contribution in [1.82, 2.24) is 5.32 Å². The van der Waals surface area contributed by atoms with Crippen LogP contribution in [-0.4, -0.2) is 25.8 Å². The number of benzene rings is 1. The molecule has 1 aromatic carbocycles. The highest BCUT2D eigenvalue weighted by molar-refractivity contribution is 6.30. The summed E-state index contributed by atoms with van der Waals surface area (Å²) in [6.07, 6.45) is 6.41. The highest BCUT2D eigenvalue weighted by atomic mass is 35.5. The first-order valence-electron chi connectivity index (χ1n) is 6.78. The van der Waals surface area contributed by atoms with Gasteiger partial charge in [-0.3, -0.25) is 0 Å². The Morgan fingerprint density at radius 2 is 1.83 bits per heavy atom. The summed E-state index contributed by atoms with van der Waals surface area (Å²) < 4.78 is 5.38. The van der Waals surface area contributed by atoms with Crippen LogP contribution in [0, 0.1) is 0 Å². The van der Waals surface area contributed by atoms with Gasteiger partial charge in [-0.15, -0.1) is 0 Å². The van der Waals surface area contributed by atoms with Crippen molar-refractivity contribution in [3.05, 3.63) is 34.9 Å². The molecule has 0 heterocycles. The summed E-state index contributed by atoms with van der Waals surface area (Å²) in [6, 6.07) is 8.79. The van der Waals surface area contributed by atoms with Crippen LogP contribution in [0.4, 0.5) is 0 Å². The molecular weight excluding hydrogens is 246 g/mol. The first-order chi connectivity index (χ1) is 8.78. The molecule has 0 radical (unpaired) electrons. The Morgan fingerprint density at radius 3 is 2.44 bits per heavy atom. The molecule has 1 aromatic rings. The topological polar surface area (TPSA) is 21.3 Å². The molecule has 2 rings (SSSR count). The van der Waals surface area contributed by atoms with E-state index in [9.17, 15) is 0 Å². The van der Waals surface area contributed by atoms with Gasteiger partial charge in [0.15, 0.2) is 0 Å². The van der Waals surface area contributed by atoms with Crippen molar-refractivity contribution >= 4 is 11.6 Å². The average molecular weight is 268 g/mol. The number of methoxy groups -OCH3 is 1. The summed E-state index contributed by atoms with van der Waals surface area (Å²) >= 11 is 5.87. The fraction of sp³-hybridized carbons (Fsp3) is 0.600. The van der Waals surface area contributed by atoms with Crippen molar-refractivity contribution < 1.29 is 4.74 Å². The molecule has 0 atom stereocenters. The molecule has 3 heteroatoms. The molecule has 0 aromatic heterocycles. The SMILES string of the molecule is COC1CCC(NCCc2ccc(Cl)cc2)CC1. The molecule has 0 saturated heterocycles. The molecule has 0 bridgehead atoms. The number of ether oxygens (including phenoxy) is 1. The largest absolute Gasteiger partial charge is 0.381 e. The van der Waals surface area contributed by atoms with Gasteiger partial charge >= 0.3 is 0 Å². The Balaban J connectivity index is 1.65. The van der Waals surface area contributed by atoms with Gasteiger partial charge in [0.1, 0.15) is 0 Å². The van der Waals surface area contributed by atoms with Gasteiger partial charge in [-0.25, -0.2) is 0 Å². The number of halogens is 1. The Labute approximate surface area is 115 Å². The average Bonchev–Trinajstić information content (AvgIpc) is 2.42. The molecular formula is C15H22ClNO. The Morgan fingerprint density at radius 1 is 1.17 bits per heavy atom. The zero-order chi connectivity index (χ0) is 12.8. The van der Waals surface area contributed by atoms with E-state index in [1.165, 1.54) is 31.2 Å². The summed E-state index contributed by atoms with van der Waals surface area (Å²) in [4.78, 5) is 0. The first-order valence-corrected chi connectivity index (χ1v) is 7.16. The van der Waals surface area contributed by atoms with Crippen LogP contribution >= 0.6 is 11.6 Å². The first kappa shape index (κ1) is 13.9. The van der Waals surface area contributed by atoms with E-state index in [0.29, 0.717) is 12.1 Å².